The molecule has 0 saturated carbocycles. The van der Waals surface area contributed by atoms with Crippen molar-refractivity contribution in [3.05, 3.63) is 59.4 Å². The lowest BCUT2D eigenvalue weighted by atomic mass is 9.88. The summed E-state index contributed by atoms with van der Waals surface area (Å²) >= 11 is 5.92. The largest absolute Gasteiger partial charge is 0.330 e. The first kappa shape index (κ1) is 23.1. The van der Waals surface area contributed by atoms with E-state index in [9.17, 15) is 4.79 Å². The standard InChI is InChI=1S/C21H26ClN7O/c1-21(2,13-29(3)4)19(27-18(30)15-7-9-16(22)10-8-15)28-20(25-14-23)26-17-6-5-11-24-12-17/h5-12,19H,13H2,1-4H3,(H,27,30)(H2,25,26,28). The molecule has 0 aliphatic carbocycles. The number of carbonyl (C=O) groups excluding carboxylic acids is 1. The summed E-state index contributed by atoms with van der Waals surface area (Å²) in [6.45, 7) is 4.64. The number of hydrogen-bond donors (Lipinski definition) is 3. The van der Waals surface area contributed by atoms with Gasteiger partial charge in [-0.2, -0.15) is 5.26 Å². The van der Waals surface area contributed by atoms with Crippen LogP contribution in [0, 0.1) is 16.9 Å². The highest BCUT2D eigenvalue weighted by atomic mass is 35.5. The highest BCUT2D eigenvalue weighted by molar-refractivity contribution is 6.30. The summed E-state index contributed by atoms with van der Waals surface area (Å²) in [6, 6.07) is 10.2. The molecular weight excluding hydrogens is 402 g/mol. The Hall–Kier alpha value is -3.15. The molecule has 1 heterocycles. The van der Waals surface area contributed by atoms with Gasteiger partial charge in [-0.25, -0.2) is 4.99 Å². The number of anilines is 1. The van der Waals surface area contributed by atoms with Crippen LogP contribution in [0.1, 0.15) is 24.2 Å². The van der Waals surface area contributed by atoms with Gasteiger partial charge in [0.25, 0.3) is 5.91 Å². The second kappa shape index (κ2) is 10.6. The molecule has 1 aromatic carbocycles. The molecule has 1 unspecified atom stereocenters. The fraction of sp³-hybridized carbons (Fsp3) is 0.333. The van der Waals surface area contributed by atoms with Crippen LogP contribution in [0.2, 0.25) is 5.02 Å². The van der Waals surface area contributed by atoms with E-state index in [1.54, 1.807) is 48.8 Å². The lowest BCUT2D eigenvalue weighted by Crippen LogP contribution is -2.49. The molecule has 2 aromatic rings. The number of nitriles is 1. The number of benzene rings is 1. The van der Waals surface area contributed by atoms with Crippen LogP contribution in [0.15, 0.2) is 53.8 Å². The first-order chi connectivity index (χ1) is 14.2. The minimum absolute atomic E-state index is 0.207. The van der Waals surface area contributed by atoms with Gasteiger partial charge in [-0.1, -0.05) is 25.4 Å². The second-order valence-corrected chi connectivity index (χ2v) is 8.13. The smallest absolute Gasteiger partial charge is 0.252 e. The predicted molar refractivity (Wildman–Crippen MR) is 119 cm³/mol. The Balaban J connectivity index is 2.35. The molecule has 0 aliphatic rings. The average molecular weight is 428 g/mol. The van der Waals surface area contributed by atoms with E-state index in [0.717, 1.165) is 0 Å². The van der Waals surface area contributed by atoms with Crippen LogP contribution >= 0.6 is 11.6 Å². The van der Waals surface area contributed by atoms with Crippen molar-refractivity contribution in [3.63, 3.8) is 0 Å². The number of halogens is 1. The molecule has 1 atom stereocenters. The number of rotatable bonds is 7. The summed E-state index contributed by atoms with van der Waals surface area (Å²) in [5.74, 6) is -0.0799. The van der Waals surface area contributed by atoms with Crippen LogP contribution in [0.5, 0.6) is 0 Å². The molecule has 8 nitrogen and oxygen atoms in total. The number of pyridine rings is 1. The van der Waals surface area contributed by atoms with Crippen molar-refractivity contribution in [1.29, 1.82) is 5.26 Å². The average Bonchev–Trinajstić information content (AvgIpc) is 2.68. The highest BCUT2D eigenvalue weighted by Gasteiger charge is 2.32. The van der Waals surface area contributed by atoms with Crippen LogP contribution in [-0.4, -0.2) is 48.6 Å². The maximum atomic E-state index is 12.8. The van der Waals surface area contributed by atoms with Gasteiger partial charge in [0.2, 0.25) is 5.96 Å². The third-order valence-corrected chi connectivity index (χ3v) is 4.45. The van der Waals surface area contributed by atoms with Gasteiger partial charge in [0.05, 0.1) is 11.9 Å². The summed E-state index contributed by atoms with van der Waals surface area (Å²) in [6.07, 6.45) is 4.50. The number of carbonyl (C=O) groups is 1. The second-order valence-electron chi connectivity index (χ2n) is 7.69. The van der Waals surface area contributed by atoms with Crippen molar-refractivity contribution >= 4 is 29.2 Å². The molecule has 0 fully saturated rings. The van der Waals surface area contributed by atoms with E-state index < -0.39 is 11.6 Å². The van der Waals surface area contributed by atoms with E-state index in [0.29, 0.717) is 22.8 Å². The molecule has 9 heteroatoms. The normalized spacial score (nSPS) is 12.8. The van der Waals surface area contributed by atoms with Gasteiger partial charge in [-0.3, -0.25) is 15.1 Å². The number of aromatic nitrogens is 1. The van der Waals surface area contributed by atoms with E-state index in [1.165, 1.54) is 0 Å². The number of nitrogens with one attached hydrogen (secondary N) is 3. The van der Waals surface area contributed by atoms with Crippen LogP contribution in [0.25, 0.3) is 0 Å². The van der Waals surface area contributed by atoms with Gasteiger partial charge in [0.1, 0.15) is 6.17 Å². The van der Waals surface area contributed by atoms with Crippen molar-refractivity contribution < 1.29 is 4.79 Å². The number of aliphatic imine (C=N–C) groups is 1. The Morgan fingerprint density at radius 1 is 1.30 bits per heavy atom. The molecule has 0 spiro atoms. The molecule has 158 valence electrons. The summed E-state index contributed by atoms with van der Waals surface area (Å²) < 4.78 is 0. The van der Waals surface area contributed by atoms with Crippen LogP contribution < -0.4 is 16.0 Å². The Bertz CT molecular complexity index is 905. The minimum atomic E-state index is -0.636. The Kier molecular flexibility index (Phi) is 8.16. The fourth-order valence-corrected chi connectivity index (χ4v) is 3.09. The summed E-state index contributed by atoms with van der Waals surface area (Å²) in [5.41, 5.74) is 0.673. The quantitative estimate of drug-likeness (QED) is 0.271. The maximum absolute atomic E-state index is 12.8. The lowest BCUT2D eigenvalue weighted by Gasteiger charge is -2.35. The molecule has 0 saturated heterocycles. The maximum Gasteiger partial charge on any atom is 0.252 e. The van der Waals surface area contributed by atoms with Gasteiger partial charge >= 0.3 is 0 Å². The molecule has 0 aliphatic heterocycles. The first-order valence-corrected chi connectivity index (χ1v) is 9.70. The zero-order valence-corrected chi connectivity index (χ0v) is 18.2. The van der Waals surface area contributed by atoms with Crippen molar-refractivity contribution in [2.24, 2.45) is 10.4 Å². The van der Waals surface area contributed by atoms with Gasteiger partial charge < -0.3 is 15.5 Å². The fourth-order valence-electron chi connectivity index (χ4n) is 2.96. The third kappa shape index (κ3) is 7.03. The van der Waals surface area contributed by atoms with Gasteiger partial charge in [0.15, 0.2) is 6.19 Å². The number of hydrogen-bond acceptors (Lipinski definition) is 5. The van der Waals surface area contributed by atoms with Crippen LogP contribution in [0.4, 0.5) is 5.69 Å². The topological polar surface area (TPSA) is 105 Å². The molecule has 30 heavy (non-hydrogen) atoms. The van der Waals surface area contributed by atoms with E-state index in [-0.39, 0.29) is 11.9 Å². The molecule has 0 radical (unpaired) electrons. The zero-order valence-electron chi connectivity index (χ0n) is 17.5. The van der Waals surface area contributed by atoms with E-state index in [2.05, 4.69) is 25.9 Å². The van der Waals surface area contributed by atoms with Crippen LogP contribution in [-0.2, 0) is 0 Å². The van der Waals surface area contributed by atoms with Gasteiger partial charge in [-0.15, -0.1) is 0 Å². The van der Waals surface area contributed by atoms with E-state index in [1.807, 2.05) is 39.0 Å². The molecule has 1 aromatic heterocycles. The van der Waals surface area contributed by atoms with Crippen molar-refractivity contribution in [1.82, 2.24) is 20.5 Å². The zero-order chi connectivity index (χ0) is 22.1. The summed E-state index contributed by atoms with van der Waals surface area (Å²) in [5, 5.41) is 18.2. The summed E-state index contributed by atoms with van der Waals surface area (Å²) in [7, 11) is 3.90. The molecule has 2 rings (SSSR count). The molecule has 1 amide bonds. The molecule has 0 bridgehead atoms. The third-order valence-electron chi connectivity index (χ3n) is 4.19. The minimum Gasteiger partial charge on any atom is -0.330 e. The van der Waals surface area contributed by atoms with Crippen molar-refractivity contribution in [3.8, 4) is 6.19 Å². The highest BCUT2D eigenvalue weighted by Crippen LogP contribution is 2.23. The SMILES string of the molecule is CN(C)CC(C)(C)C(/N=C(\NC#N)Nc1cccnc1)NC(=O)c1ccc(Cl)cc1. The monoisotopic (exact) mass is 427 g/mol. The van der Waals surface area contributed by atoms with E-state index in [4.69, 9.17) is 16.9 Å². The predicted octanol–water partition coefficient (Wildman–Crippen LogP) is 2.92. The van der Waals surface area contributed by atoms with E-state index >= 15 is 0 Å². The Morgan fingerprint density at radius 2 is 2.00 bits per heavy atom. The number of guanidine groups is 1. The van der Waals surface area contributed by atoms with Crippen molar-refractivity contribution in [2.75, 3.05) is 26.0 Å². The lowest BCUT2D eigenvalue weighted by molar-refractivity contribution is 0.0879. The molecule has 3 N–H and O–H groups in total. The van der Waals surface area contributed by atoms with Gasteiger partial charge in [0, 0.05) is 28.7 Å². The Labute approximate surface area is 182 Å². The number of amides is 1. The van der Waals surface area contributed by atoms with Gasteiger partial charge in [-0.05, 0) is 50.5 Å². The van der Waals surface area contributed by atoms with Crippen LogP contribution in [0.3, 0.4) is 0 Å². The number of nitrogens with zero attached hydrogens (tertiary/aromatic N) is 4. The Morgan fingerprint density at radius 3 is 2.57 bits per heavy atom. The first-order valence-electron chi connectivity index (χ1n) is 9.32. The molecular formula is C21H26ClN7O. The van der Waals surface area contributed by atoms with Crippen molar-refractivity contribution in [2.45, 2.75) is 20.0 Å². The summed E-state index contributed by atoms with van der Waals surface area (Å²) in [4.78, 5) is 23.5.